The first kappa shape index (κ1) is 11.2. The van der Waals surface area contributed by atoms with Gasteiger partial charge >= 0.3 is 0 Å². The highest BCUT2D eigenvalue weighted by molar-refractivity contribution is 6.00. The van der Waals surface area contributed by atoms with E-state index in [2.05, 4.69) is 27.4 Å². The maximum Gasteiger partial charge on any atom is 0.251 e. The van der Waals surface area contributed by atoms with Crippen molar-refractivity contribution in [1.82, 2.24) is 15.3 Å². The third kappa shape index (κ3) is 1.54. The number of aromatic amines is 1. The van der Waals surface area contributed by atoms with Gasteiger partial charge in [-0.25, -0.2) is 4.98 Å². The zero-order valence-electron chi connectivity index (χ0n) is 11.0. The molecule has 0 fully saturated rings. The van der Waals surface area contributed by atoms with Crippen LogP contribution in [0.25, 0.3) is 22.2 Å². The summed E-state index contributed by atoms with van der Waals surface area (Å²) in [4.78, 5) is 19.3. The second-order valence-corrected chi connectivity index (χ2v) is 5.11. The van der Waals surface area contributed by atoms with E-state index in [1.54, 1.807) is 0 Å². The molecule has 0 unspecified atom stereocenters. The molecule has 0 aliphatic carbocycles. The average Bonchev–Trinajstić information content (AvgIpc) is 3.02. The van der Waals surface area contributed by atoms with Gasteiger partial charge in [-0.3, -0.25) is 4.79 Å². The summed E-state index contributed by atoms with van der Waals surface area (Å²) < 4.78 is 0. The maximum atomic E-state index is 11.6. The number of benzene rings is 1. The average molecular weight is 267 g/mol. The first-order valence-corrected chi connectivity index (χ1v) is 6.58. The number of carbonyl (C=O) groups is 1. The van der Waals surface area contributed by atoms with Crippen LogP contribution >= 0.6 is 0 Å². The lowest BCUT2D eigenvalue weighted by molar-refractivity contribution is 0.0966. The van der Waals surface area contributed by atoms with Crippen molar-refractivity contribution < 1.29 is 7.65 Å². The number of hydrogen-bond donors (Lipinski definition) is 2. The summed E-state index contributed by atoms with van der Waals surface area (Å²) in [5.74, 6) is 0.0165. The maximum absolute atomic E-state index is 11.6. The molecule has 2 aromatic heterocycles. The molecular weight excluding hydrogens is 250 g/mol. The van der Waals surface area contributed by atoms with Gasteiger partial charge < -0.3 is 10.3 Å². The summed E-state index contributed by atoms with van der Waals surface area (Å²) in [7, 11) is 0. The Morgan fingerprint density at radius 2 is 2.10 bits per heavy atom. The molecule has 20 heavy (non-hydrogen) atoms. The van der Waals surface area contributed by atoms with Crippen LogP contribution in [-0.2, 0) is 6.54 Å². The zero-order chi connectivity index (χ0) is 13.7. The molecule has 0 bridgehead atoms. The highest BCUT2D eigenvalue weighted by Gasteiger charge is 2.19. The number of rotatable bonds is 1. The molecule has 4 rings (SSSR count). The van der Waals surface area contributed by atoms with Gasteiger partial charge in [-0.05, 0) is 42.3 Å². The van der Waals surface area contributed by atoms with E-state index in [1.807, 2.05) is 31.3 Å². The van der Waals surface area contributed by atoms with Crippen molar-refractivity contribution >= 4 is 16.9 Å². The number of pyridine rings is 1. The number of H-pyrrole nitrogens is 1. The fourth-order valence-corrected chi connectivity index (χ4v) is 2.74. The highest BCUT2D eigenvalue weighted by Crippen LogP contribution is 2.30. The van der Waals surface area contributed by atoms with Crippen molar-refractivity contribution in [2.24, 2.45) is 0 Å². The molecule has 0 saturated heterocycles. The monoisotopic (exact) mass is 267 g/mol. The smallest absolute Gasteiger partial charge is 0.251 e. The lowest BCUT2D eigenvalue weighted by Gasteiger charge is -2.02. The molecule has 3 aromatic rings. The second-order valence-electron chi connectivity index (χ2n) is 5.11. The van der Waals surface area contributed by atoms with E-state index in [0.717, 1.165) is 39.0 Å². The van der Waals surface area contributed by atoms with E-state index in [1.165, 1.54) is 0 Å². The molecule has 2 N–H and O–H groups in total. The molecule has 3 heterocycles. The Hall–Kier alpha value is -2.62. The van der Waals surface area contributed by atoms with Crippen molar-refractivity contribution in [3.63, 3.8) is 0 Å². The van der Waals surface area contributed by atoms with Gasteiger partial charge in [0.15, 0.2) is 0 Å². The standard InChI is InChI=1S/C16H13N3O.2H2/c1-9-2-4-13-14(8-17-15(13)19-9)10-3-5-12-11(6-10)7-18-16(12)20;;/h2-6,8H,7H2,1H3,(H,17,19)(H,18,20);2*1H. The highest BCUT2D eigenvalue weighted by atomic mass is 16.1. The lowest BCUT2D eigenvalue weighted by Crippen LogP contribution is -2.12. The Morgan fingerprint density at radius 3 is 3.00 bits per heavy atom. The number of carbonyl (C=O) groups excluding carboxylic acids is 1. The normalized spacial score (nSPS) is 13.6. The molecule has 0 spiro atoms. The van der Waals surface area contributed by atoms with E-state index in [0.29, 0.717) is 6.54 Å². The molecule has 1 amide bonds. The molecule has 0 saturated carbocycles. The third-order valence-corrected chi connectivity index (χ3v) is 3.78. The Kier molecular flexibility index (Phi) is 2.21. The topological polar surface area (TPSA) is 57.8 Å². The summed E-state index contributed by atoms with van der Waals surface area (Å²) in [6.45, 7) is 2.59. The van der Waals surface area contributed by atoms with Crippen LogP contribution < -0.4 is 5.32 Å². The van der Waals surface area contributed by atoms with Crippen LogP contribution in [0.2, 0.25) is 0 Å². The van der Waals surface area contributed by atoms with Crippen LogP contribution in [0.4, 0.5) is 0 Å². The van der Waals surface area contributed by atoms with E-state index in [4.69, 9.17) is 0 Å². The van der Waals surface area contributed by atoms with Crippen molar-refractivity contribution in [3.05, 3.63) is 53.3 Å². The molecular formula is C16H17N3O. The number of amides is 1. The fraction of sp³-hybridized carbons (Fsp3) is 0.125. The molecule has 0 atom stereocenters. The number of aromatic nitrogens is 2. The SMILES string of the molecule is Cc1ccc2c(-c3ccc4c(c3)CNC4=O)c[nH]c2n1.[HH].[HH]. The summed E-state index contributed by atoms with van der Waals surface area (Å²) in [6.07, 6.45) is 1.98. The van der Waals surface area contributed by atoms with Gasteiger partial charge in [0.1, 0.15) is 5.65 Å². The van der Waals surface area contributed by atoms with Gasteiger partial charge in [0, 0.05) is 37.8 Å². The summed E-state index contributed by atoms with van der Waals surface area (Å²) in [5.41, 5.74) is 5.96. The number of fused-ring (bicyclic) bond motifs is 2. The Bertz CT molecular complexity index is 858. The lowest BCUT2D eigenvalue weighted by atomic mass is 10.0. The Morgan fingerprint density at radius 1 is 1.20 bits per heavy atom. The fourth-order valence-electron chi connectivity index (χ4n) is 2.74. The predicted molar refractivity (Wildman–Crippen MR) is 81.7 cm³/mol. The molecule has 0 radical (unpaired) electrons. The Balaban J connectivity index is 0.000000882. The molecule has 102 valence electrons. The van der Waals surface area contributed by atoms with Crippen molar-refractivity contribution in [1.29, 1.82) is 0 Å². The Labute approximate surface area is 118 Å². The molecule has 1 aliphatic heterocycles. The molecule has 1 aliphatic rings. The molecule has 4 nitrogen and oxygen atoms in total. The number of nitrogens with one attached hydrogen (secondary N) is 2. The van der Waals surface area contributed by atoms with Gasteiger partial charge in [-0.1, -0.05) is 6.07 Å². The van der Waals surface area contributed by atoms with Crippen molar-refractivity contribution in [2.75, 3.05) is 0 Å². The second kappa shape index (κ2) is 3.93. The largest absolute Gasteiger partial charge is 0.348 e. The van der Waals surface area contributed by atoms with Gasteiger partial charge in [0.2, 0.25) is 0 Å². The summed E-state index contributed by atoms with van der Waals surface area (Å²) >= 11 is 0. The van der Waals surface area contributed by atoms with Gasteiger partial charge in [0.25, 0.3) is 5.91 Å². The summed E-state index contributed by atoms with van der Waals surface area (Å²) in [5, 5.41) is 3.95. The van der Waals surface area contributed by atoms with E-state index in [-0.39, 0.29) is 8.76 Å². The van der Waals surface area contributed by atoms with Crippen LogP contribution in [0.3, 0.4) is 0 Å². The van der Waals surface area contributed by atoms with Crippen molar-refractivity contribution in [2.45, 2.75) is 13.5 Å². The zero-order valence-corrected chi connectivity index (χ0v) is 11.0. The van der Waals surface area contributed by atoms with Crippen LogP contribution in [0, 0.1) is 6.92 Å². The first-order valence-electron chi connectivity index (χ1n) is 6.58. The van der Waals surface area contributed by atoms with Gasteiger partial charge in [0.05, 0.1) is 0 Å². The minimum absolute atomic E-state index is 0. The minimum Gasteiger partial charge on any atom is -0.348 e. The summed E-state index contributed by atoms with van der Waals surface area (Å²) in [6, 6.07) is 10.1. The third-order valence-electron chi connectivity index (χ3n) is 3.78. The molecule has 4 heteroatoms. The minimum atomic E-state index is 0. The first-order chi connectivity index (χ1) is 9.72. The van der Waals surface area contributed by atoms with Crippen LogP contribution in [0.1, 0.15) is 24.5 Å². The number of nitrogens with zero attached hydrogens (tertiary/aromatic N) is 1. The van der Waals surface area contributed by atoms with E-state index < -0.39 is 0 Å². The predicted octanol–water partition coefficient (Wildman–Crippen LogP) is 3.27. The van der Waals surface area contributed by atoms with E-state index in [9.17, 15) is 4.79 Å². The van der Waals surface area contributed by atoms with E-state index >= 15 is 0 Å². The number of aryl methyl sites for hydroxylation is 1. The molecule has 1 aromatic carbocycles. The van der Waals surface area contributed by atoms with Crippen LogP contribution in [-0.4, -0.2) is 15.9 Å². The van der Waals surface area contributed by atoms with Crippen LogP contribution in [0.15, 0.2) is 36.5 Å². The number of hydrogen-bond acceptors (Lipinski definition) is 2. The quantitative estimate of drug-likeness (QED) is 0.711. The van der Waals surface area contributed by atoms with Crippen LogP contribution in [0.5, 0.6) is 0 Å². The van der Waals surface area contributed by atoms with Gasteiger partial charge in [-0.2, -0.15) is 0 Å². The van der Waals surface area contributed by atoms with Gasteiger partial charge in [-0.15, -0.1) is 0 Å². The van der Waals surface area contributed by atoms with Crippen molar-refractivity contribution in [3.8, 4) is 11.1 Å².